The maximum Gasteiger partial charge on any atom is 0.242 e. The molecule has 0 aliphatic carbocycles. The summed E-state index contributed by atoms with van der Waals surface area (Å²) in [4.78, 5) is 28.2. The average Bonchev–Trinajstić information content (AvgIpc) is 2.65. The number of carbonyl (C=O) groups excluding carboxylic acids is 2. The smallest absolute Gasteiger partial charge is 0.242 e. The van der Waals surface area contributed by atoms with Gasteiger partial charge in [-0.3, -0.25) is 14.5 Å². The Morgan fingerprint density at radius 1 is 1.08 bits per heavy atom. The molecule has 0 fully saturated rings. The third kappa shape index (κ3) is 3.65. The van der Waals surface area contributed by atoms with E-state index in [1.807, 2.05) is 29.2 Å². The van der Waals surface area contributed by atoms with Crippen molar-refractivity contribution in [2.24, 2.45) is 0 Å². The Hall–Kier alpha value is -2.82. The molecule has 0 spiro atoms. The molecule has 2 aromatic carbocycles. The molecular formula is C20H22N2O3. The number of nitrogens with zero attached hydrogens (tertiary/aromatic N) is 2. The summed E-state index contributed by atoms with van der Waals surface area (Å²) in [7, 11) is 1.56. The van der Waals surface area contributed by atoms with Crippen molar-refractivity contribution in [1.82, 2.24) is 4.90 Å². The summed E-state index contributed by atoms with van der Waals surface area (Å²) in [6.45, 7) is 2.74. The van der Waals surface area contributed by atoms with Crippen LogP contribution in [-0.4, -0.2) is 36.9 Å². The van der Waals surface area contributed by atoms with Crippen molar-refractivity contribution in [1.29, 1.82) is 0 Å². The van der Waals surface area contributed by atoms with Gasteiger partial charge in [-0.25, -0.2) is 0 Å². The Morgan fingerprint density at radius 2 is 1.76 bits per heavy atom. The van der Waals surface area contributed by atoms with Crippen LogP contribution < -0.4 is 9.64 Å². The topological polar surface area (TPSA) is 49.9 Å². The molecule has 0 radical (unpaired) electrons. The molecular weight excluding hydrogens is 316 g/mol. The van der Waals surface area contributed by atoms with Gasteiger partial charge < -0.3 is 9.64 Å². The maximum absolute atomic E-state index is 12.8. The molecule has 5 nitrogen and oxygen atoms in total. The monoisotopic (exact) mass is 338 g/mol. The van der Waals surface area contributed by atoms with E-state index >= 15 is 0 Å². The number of anilines is 1. The fourth-order valence-electron chi connectivity index (χ4n) is 3.16. The van der Waals surface area contributed by atoms with Gasteiger partial charge in [0.15, 0.2) is 0 Å². The summed E-state index contributed by atoms with van der Waals surface area (Å²) >= 11 is 0. The second-order valence-corrected chi connectivity index (χ2v) is 6.11. The Kier molecular flexibility index (Phi) is 5.03. The first-order valence-corrected chi connectivity index (χ1v) is 8.36. The molecule has 0 saturated heterocycles. The summed E-state index contributed by atoms with van der Waals surface area (Å²) in [6.07, 6.45) is 0.844. The number of hydrogen-bond donors (Lipinski definition) is 0. The Labute approximate surface area is 147 Å². The highest BCUT2D eigenvalue weighted by molar-refractivity contribution is 5.98. The van der Waals surface area contributed by atoms with Gasteiger partial charge in [0.25, 0.3) is 0 Å². The summed E-state index contributed by atoms with van der Waals surface area (Å²) < 4.78 is 5.33. The molecule has 1 aliphatic rings. The Morgan fingerprint density at radius 3 is 2.48 bits per heavy atom. The van der Waals surface area contributed by atoms with Gasteiger partial charge in [0.05, 0.1) is 12.8 Å². The minimum Gasteiger partial charge on any atom is -0.495 e. The first-order chi connectivity index (χ1) is 12.1. The Bertz CT molecular complexity index is 788. The maximum atomic E-state index is 12.8. The van der Waals surface area contributed by atoms with Crippen molar-refractivity contribution >= 4 is 17.5 Å². The van der Waals surface area contributed by atoms with Crippen molar-refractivity contribution in [3.05, 3.63) is 59.7 Å². The number of carbonyl (C=O) groups is 2. The van der Waals surface area contributed by atoms with Crippen LogP contribution in [0.4, 0.5) is 5.69 Å². The van der Waals surface area contributed by atoms with Crippen LogP contribution in [0.25, 0.3) is 0 Å². The van der Waals surface area contributed by atoms with Gasteiger partial charge in [-0.15, -0.1) is 0 Å². The number of benzene rings is 2. The second-order valence-electron chi connectivity index (χ2n) is 6.11. The van der Waals surface area contributed by atoms with Gasteiger partial charge in [-0.05, 0) is 29.7 Å². The number of amides is 2. The van der Waals surface area contributed by atoms with Crippen LogP contribution in [0.5, 0.6) is 5.75 Å². The van der Waals surface area contributed by atoms with E-state index in [4.69, 9.17) is 4.74 Å². The highest BCUT2D eigenvalue weighted by atomic mass is 16.5. The summed E-state index contributed by atoms with van der Waals surface area (Å²) in [5.41, 5.74) is 3.08. The Balaban J connectivity index is 1.77. The first kappa shape index (κ1) is 17.0. The first-order valence-electron chi connectivity index (χ1n) is 8.36. The van der Waals surface area contributed by atoms with Crippen molar-refractivity contribution in [3.63, 3.8) is 0 Å². The average molecular weight is 338 g/mol. The number of rotatable bonds is 4. The zero-order valence-electron chi connectivity index (χ0n) is 14.6. The zero-order valence-corrected chi connectivity index (χ0v) is 14.6. The third-order valence-electron chi connectivity index (χ3n) is 4.53. The van der Waals surface area contributed by atoms with Gasteiger partial charge in [0.2, 0.25) is 11.8 Å². The van der Waals surface area contributed by atoms with Crippen LogP contribution in [0.3, 0.4) is 0 Å². The predicted molar refractivity (Wildman–Crippen MR) is 96.6 cm³/mol. The molecule has 0 atom stereocenters. The van der Waals surface area contributed by atoms with Gasteiger partial charge in [0, 0.05) is 20.0 Å². The lowest BCUT2D eigenvalue weighted by molar-refractivity contribution is -0.132. The van der Waals surface area contributed by atoms with E-state index in [-0.39, 0.29) is 18.4 Å². The standard InChI is InChI=1S/C20H22N2O3/c1-15(23)22(18-9-5-6-10-19(18)25-2)14-20(24)21-12-11-16-7-3-4-8-17(16)13-21/h3-10H,11-14H2,1-2H3. The molecule has 130 valence electrons. The lowest BCUT2D eigenvalue weighted by Crippen LogP contribution is -2.44. The summed E-state index contributed by atoms with van der Waals surface area (Å²) in [6, 6.07) is 15.4. The largest absolute Gasteiger partial charge is 0.495 e. The van der Waals surface area contributed by atoms with Crippen LogP contribution in [0.15, 0.2) is 48.5 Å². The minimum absolute atomic E-state index is 0.0118. The molecule has 25 heavy (non-hydrogen) atoms. The molecule has 3 rings (SSSR count). The van der Waals surface area contributed by atoms with Crippen molar-refractivity contribution in [2.45, 2.75) is 19.9 Å². The highest BCUT2D eigenvalue weighted by Gasteiger charge is 2.25. The van der Waals surface area contributed by atoms with E-state index in [1.54, 1.807) is 19.2 Å². The van der Waals surface area contributed by atoms with Crippen LogP contribution in [0.2, 0.25) is 0 Å². The van der Waals surface area contributed by atoms with Crippen LogP contribution in [-0.2, 0) is 22.6 Å². The van der Waals surface area contributed by atoms with Crippen molar-refractivity contribution in [2.75, 3.05) is 25.1 Å². The molecule has 0 aromatic heterocycles. The normalized spacial score (nSPS) is 13.1. The molecule has 0 bridgehead atoms. The molecule has 2 amide bonds. The van der Waals surface area contributed by atoms with E-state index in [1.165, 1.54) is 23.0 Å². The molecule has 0 saturated carbocycles. The molecule has 1 heterocycles. The summed E-state index contributed by atoms with van der Waals surface area (Å²) in [5.74, 6) is 0.334. The quantitative estimate of drug-likeness (QED) is 0.861. The van der Waals surface area contributed by atoms with E-state index < -0.39 is 0 Å². The van der Waals surface area contributed by atoms with Crippen LogP contribution >= 0.6 is 0 Å². The van der Waals surface area contributed by atoms with Crippen LogP contribution in [0.1, 0.15) is 18.1 Å². The fourth-order valence-corrected chi connectivity index (χ4v) is 3.16. The molecule has 2 aromatic rings. The van der Waals surface area contributed by atoms with E-state index in [2.05, 4.69) is 12.1 Å². The lowest BCUT2D eigenvalue weighted by Gasteiger charge is -2.31. The van der Waals surface area contributed by atoms with Gasteiger partial charge in [-0.2, -0.15) is 0 Å². The van der Waals surface area contributed by atoms with Crippen molar-refractivity contribution in [3.8, 4) is 5.75 Å². The number of hydrogen-bond acceptors (Lipinski definition) is 3. The predicted octanol–water partition coefficient (Wildman–Crippen LogP) is 2.63. The van der Waals surface area contributed by atoms with E-state index in [9.17, 15) is 9.59 Å². The van der Waals surface area contributed by atoms with Crippen LogP contribution in [0, 0.1) is 0 Å². The molecule has 0 unspecified atom stereocenters. The molecule has 5 heteroatoms. The van der Waals surface area contributed by atoms with Gasteiger partial charge >= 0.3 is 0 Å². The van der Waals surface area contributed by atoms with Gasteiger partial charge in [-0.1, -0.05) is 36.4 Å². The highest BCUT2D eigenvalue weighted by Crippen LogP contribution is 2.28. The SMILES string of the molecule is COc1ccccc1N(CC(=O)N1CCc2ccccc2C1)C(C)=O. The van der Waals surface area contributed by atoms with E-state index in [0.717, 1.165) is 6.42 Å². The van der Waals surface area contributed by atoms with Crippen molar-refractivity contribution < 1.29 is 14.3 Å². The lowest BCUT2D eigenvalue weighted by atomic mass is 10.00. The number of fused-ring (bicyclic) bond motifs is 1. The minimum atomic E-state index is -0.185. The van der Waals surface area contributed by atoms with E-state index in [0.29, 0.717) is 24.5 Å². The molecule has 1 aliphatic heterocycles. The fraction of sp³-hybridized carbons (Fsp3) is 0.300. The summed E-state index contributed by atoms with van der Waals surface area (Å²) in [5, 5.41) is 0. The second kappa shape index (κ2) is 7.38. The molecule has 0 N–H and O–H groups in total. The third-order valence-corrected chi connectivity index (χ3v) is 4.53. The number of methoxy groups -OCH3 is 1. The number of para-hydroxylation sites is 2. The zero-order chi connectivity index (χ0) is 17.8. The number of ether oxygens (including phenoxy) is 1. The van der Waals surface area contributed by atoms with Gasteiger partial charge in [0.1, 0.15) is 12.3 Å².